The van der Waals surface area contributed by atoms with E-state index in [9.17, 15) is 4.79 Å². The third-order valence-corrected chi connectivity index (χ3v) is 1.76. The monoisotopic (exact) mass is 155 g/mol. The van der Waals surface area contributed by atoms with Gasteiger partial charge in [0.25, 0.3) is 0 Å². The molecular weight excluding hydrogens is 142 g/mol. The fraction of sp³-hybridized carbons (Fsp3) is 0.625. The highest BCUT2D eigenvalue weighted by molar-refractivity contribution is 5.73. The Kier molecular flexibility index (Phi) is 2.65. The molecule has 0 aliphatic carbocycles. The summed E-state index contributed by atoms with van der Waals surface area (Å²) in [5, 5.41) is 3.06. The molecule has 1 aliphatic rings. The van der Waals surface area contributed by atoms with E-state index in [1.54, 1.807) is 6.08 Å². The van der Waals surface area contributed by atoms with Crippen LogP contribution in [0.15, 0.2) is 12.7 Å². The molecule has 2 unspecified atom stereocenters. The van der Waals surface area contributed by atoms with Crippen molar-refractivity contribution in [2.75, 3.05) is 13.2 Å². The highest BCUT2D eigenvalue weighted by Gasteiger charge is 2.32. The van der Waals surface area contributed by atoms with Gasteiger partial charge in [-0.25, -0.2) is 0 Å². The van der Waals surface area contributed by atoms with Crippen molar-refractivity contribution >= 4 is 5.97 Å². The Morgan fingerprint density at radius 2 is 2.64 bits per heavy atom. The molecule has 0 amide bonds. The van der Waals surface area contributed by atoms with Gasteiger partial charge < -0.3 is 10.1 Å². The van der Waals surface area contributed by atoms with Crippen molar-refractivity contribution < 1.29 is 9.53 Å². The predicted octanol–water partition coefficient (Wildman–Crippen LogP) is 0.323. The van der Waals surface area contributed by atoms with E-state index in [2.05, 4.69) is 11.9 Å². The van der Waals surface area contributed by atoms with E-state index in [4.69, 9.17) is 4.74 Å². The third kappa shape index (κ3) is 2.35. The Labute approximate surface area is 66.4 Å². The highest BCUT2D eigenvalue weighted by atomic mass is 16.5. The minimum Gasteiger partial charge on any atom is -0.461 e. The van der Waals surface area contributed by atoms with Gasteiger partial charge in [0, 0.05) is 12.6 Å². The number of carbonyl (C=O) groups is 1. The van der Waals surface area contributed by atoms with Crippen LogP contribution in [0.4, 0.5) is 0 Å². The summed E-state index contributed by atoms with van der Waals surface area (Å²) in [4.78, 5) is 11.1. The molecule has 1 fully saturated rings. The van der Waals surface area contributed by atoms with Crippen LogP contribution in [-0.2, 0) is 9.53 Å². The Morgan fingerprint density at radius 3 is 3.09 bits per heavy atom. The lowest BCUT2D eigenvalue weighted by molar-refractivity contribution is -0.146. The SMILES string of the molecule is C=CCOC(=O)C(C)C1CN1. The summed E-state index contributed by atoms with van der Waals surface area (Å²) in [5.41, 5.74) is 0. The number of carbonyl (C=O) groups excluding carboxylic acids is 1. The topological polar surface area (TPSA) is 48.2 Å². The van der Waals surface area contributed by atoms with Crippen LogP contribution in [0.25, 0.3) is 0 Å². The molecule has 0 aromatic carbocycles. The molecule has 2 atom stereocenters. The van der Waals surface area contributed by atoms with Crippen molar-refractivity contribution in [3.8, 4) is 0 Å². The smallest absolute Gasteiger partial charge is 0.310 e. The molecular formula is C8H13NO2. The lowest BCUT2D eigenvalue weighted by Crippen LogP contribution is -2.21. The van der Waals surface area contributed by atoms with Crippen molar-refractivity contribution in [2.45, 2.75) is 13.0 Å². The van der Waals surface area contributed by atoms with E-state index in [1.807, 2.05) is 6.92 Å². The molecule has 0 aromatic rings. The van der Waals surface area contributed by atoms with Gasteiger partial charge in [-0.1, -0.05) is 19.6 Å². The van der Waals surface area contributed by atoms with Gasteiger partial charge in [0.1, 0.15) is 6.61 Å². The summed E-state index contributed by atoms with van der Waals surface area (Å²) in [5.74, 6) is -0.158. The van der Waals surface area contributed by atoms with Crippen LogP contribution in [0.5, 0.6) is 0 Å². The zero-order valence-electron chi connectivity index (χ0n) is 6.67. The Bertz CT molecular complexity index is 163. The normalized spacial score (nSPS) is 23.9. The maximum absolute atomic E-state index is 11.1. The largest absolute Gasteiger partial charge is 0.461 e. The predicted molar refractivity (Wildman–Crippen MR) is 42.1 cm³/mol. The first-order valence-corrected chi connectivity index (χ1v) is 3.76. The minimum atomic E-state index is -0.139. The number of esters is 1. The molecule has 0 spiro atoms. The second-order valence-electron chi connectivity index (χ2n) is 2.72. The van der Waals surface area contributed by atoms with Gasteiger partial charge in [0.05, 0.1) is 5.92 Å². The van der Waals surface area contributed by atoms with Crippen LogP contribution in [0.3, 0.4) is 0 Å². The average molecular weight is 155 g/mol. The summed E-state index contributed by atoms with van der Waals surface area (Å²) in [7, 11) is 0. The standard InChI is InChI=1S/C8H13NO2/c1-3-4-11-8(10)6(2)7-5-9-7/h3,6-7,9H,1,4-5H2,2H3. The van der Waals surface area contributed by atoms with E-state index in [1.165, 1.54) is 0 Å². The molecule has 1 rings (SSSR count). The maximum atomic E-state index is 11.1. The van der Waals surface area contributed by atoms with Crippen molar-refractivity contribution in [3.05, 3.63) is 12.7 Å². The van der Waals surface area contributed by atoms with E-state index < -0.39 is 0 Å². The Hall–Kier alpha value is -0.830. The van der Waals surface area contributed by atoms with Crippen molar-refractivity contribution in [1.82, 2.24) is 5.32 Å². The van der Waals surface area contributed by atoms with E-state index >= 15 is 0 Å². The molecule has 3 nitrogen and oxygen atoms in total. The minimum absolute atomic E-state index is 0.0186. The third-order valence-electron chi connectivity index (χ3n) is 1.76. The van der Waals surface area contributed by atoms with Gasteiger partial charge in [-0.05, 0) is 0 Å². The first-order chi connectivity index (χ1) is 5.25. The van der Waals surface area contributed by atoms with Crippen LogP contribution in [0.1, 0.15) is 6.92 Å². The zero-order chi connectivity index (χ0) is 8.27. The second-order valence-corrected chi connectivity index (χ2v) is 2.72. The molecule has 11 heavy (non-hydrogen) atoms. The molecule has 1 saturated heterocycles. The first-order valence-electron chi connectivity index (χ1n) is 3.76. The Balaban J connectivity index is 2.21. The van der Waals surface area contributed by atoms with Gasteiger partial charge in [-0.2, -0.15) is 0 Å². The summed E-state index contributed by atoms with van der Waals surface area (Å²) in [6.45, 7) is 6.58. The van der Waals surface area contributed by atoms with Gasteiger partial charge in [0.2, 0.25) is 0 Å². The number of ether oxygens (including phenoxy) is 1. The summed E-state index contributed by atoms with van der Waals surface area (Å²) in [6, 6.07) is 0.340. The lowest BCUT2D eigenvalue weighted by atomic mass is 10.1. The van der Waals surface area contributed by atoms with E-state index in [-0.39, 0.29) is 11.9 Å². The molecule has 3 heteroatoms. The van der Waals surface area contributed by atoms with Gasteiger partial charge in [-0.15, -0.1) is 0 Å². The molecule has 1 N–H and O–H groups in total. The quantitative estimate of drug-likeness (QED) is 0.361. The molecule has 0 aromatic heterocycles. The first kappa shape index (κ1) is 8.27. The molecule has 0 bridgehead atoms. The highest BCUT2D eigenvalue weighted by Crippen LogP contribution is 2.12. The van der Waals surface area contributed by atoms with Crippen LogP contribution in [0, 0.1) is 5.92 Å². The Morgan fingerprint density at radius 1 is 2.00 bits per heavy atom. The van der Waals surface area contributed by atoms with Crippen LogP contribution >= 0.6 is 0 Å². The summed E-state index contributed by atoms with van der Waals surface area (Å²) in [6.07, 6.45) is 1.57. The summed E-state index contributed by atoms with van der Waals surface area (Å²) >= 11 is 0. The van der Waals surface area contributed by atoms with Gasteiger partial charge in [0.15, 0.2) is 0 Å². The summed E-state index contributed by atoms with van der Waals surface area (Å²) < 4.78 is 4.86. The zero-order valence-corrected chi connectivity index (χ0v) is 6.67. The lowest BCUT2D eigenvalue weighted by Gasteiger charge is -2.06. The van der Waals surface area contributed by atoms with Crippen molar-refractivity contribution in [1.29, 1.82) is 0 Å². The number of rotatable bonds is 4. The van der Waals surface area contributed by atoms with Gasteiger partial charge in [-0.3, -0.25) is 4.79 Å². The molecule has 0 saturated carbocycles. The molecule has 1 heterocycles. The van der Waals surface area contributed by atoms with Crippen molar-refractivity contribution in [3.63, 3.8) is 0 Å². The average Bonchev–Trinajstić information content (AvgIpc) is 2.81. The van der Waals surface area contributed by atoms with Gasteiger partial charge >= 0.3 is 5.97 Å². The van der Waals surface area contributed by atoms with Crippen LogP contribution < -0.4 is 5.32 Å². The second kappa shape index (κ2) is 3.53. The van der Waals surface area contributed by atoms with Crippen LogP contribution in [-0.4, -0.2) is 25.2 Å². The fourth-order valence-electron chi connectivity index (χ4n) is 0.858. The molecule has 1 aliphatic heterocycles. The molecule has 62 valence electrons. The van der Waals surface area contributed by atoms with E-state index in [0.29, 0.717) is 12.6 Å². The number of hydrogen-bond acceptors (Lipinski definition) is 3. The number of nitrogens with one attached hydrogen (secondary N) is 1. The molecule has 0 radical (unpaired) electrons. The maximum Gasteiger partial charge on any atom is 0.310 e. The fourth-order valence-corrected chi connectivity index (χ4v) is 0.858. The van der Waals surface area contributed by atoms with Crippen LogP contribution in [0.2, 0.25) is 0 Å². The number of hydrogen-bond donors (Lipinski definition) is 1. The van der Waals surface area contributed by atoms with Crippen molar-refractivity contribution in [2.24, 2.45) is 5.92 Å². The van der Waals surface area contributed by atoms with E-state index in [0.717, 1.165) is 6.54 Å².